The topological polar surface area (TPSA) is 63.0 Å². The van der Waals surface area contributed by atoms with Gasteiger partial charge in [-0.2, -0.15) is 9.65 Å². The molecular formula is C11H9F3N2O2. The van der Waals surface area contributed by atoms with E-state index in [0.717, 1.165) is 6.07 Å². The summed E-state index contributed by atoms with van der Waals surface area (Å²) in [6, 6.07) is 2.36. The summed E-state index contributed by atoms with van der Waals surface area (Å²) >= 11 is 0. The zero-order valence-corrected chi connectivity index (χ0v) is 9.41. The summed E-state index contributed by atoms with van der Waals surface area (Å²) < 4.78 is 42.9. The molecule has 1 aromatic heterocycles. The van der Waals surface area contributed by atoms with Crippen LogP contribution < -0.4 is 0 Å². The van der Waals surface area contributed by atoms with Crippen LogP contribution in [-0.2, 0) is 16.0 Å². The first-order chi connectivity index (χ1) is 8.49. The first-order valence-corrected chi connectivity index (χ1v) is 5.02. The minimum atomic E-state index is -3.03. The van der Waals surface area contributed by atoms with Crippen molar-refractivity contribution in [1.82, 2.24) is 4.98 Å². The number of nitriles is 1. The smallest absolute Gasteiger partial charge is 0.310 e. The first kappa shape index (κ1) is 14.0. The number of aromatic nitrogens is 1. The molecule has 0 aromatic carbocycles. The third-order valence-electron chi connectivity index (χ3n) is 2.06. The molecule has 0 saturated carbocycles. The highest BCUT2D eigenvalue weighted by atomic mass is 19.3. The van der Waals surface area contributed by atoms with Gasteiger partial charge in [0.1, 0.15) is 17.3 Å². The third-order valence-corrected chi connectivity index (χ3v) is 2.06. The molecule has 4 nitrogen and oxygen atoms in total. The third kappa shape index (κ3) is 3.20. The van der Waals surface area contributed by atoms with Crippen LogP contribution in [0.3, 0.4) is 0 Å². The van der Waals surface area contributed by atoms with Crippen LogP contribution in [0.15, 0.2) is 6.07 Å². The Bertz CT molecular complexity index is 498. The fourth-order valence-corrected chi connectivity index (χ4v) is 1.32. The maximum absolute atomic E-state index is 13.1. The van der Waals surface area contributed by atoms with Crippen molar-refractivity contribution >= 4 is 5.97 Å². The lowest BCUT2D eigenvalue weighted by molar-refractivity contribution is -0.142. The van der Waals surface area contributed by atoms with Crippen LogP contribution in [0.2, 0.25) is 0 Å². The van der Waals surface area contributed by atoms with Gasteiger partial charge in [-0.05, 0) is 18.6 Å². The van der Waals surface area contributed by atoms with Gasteiger partial charge in [-0.3, -0.25) is 4.79 Å². The van der Waals surface area contributed by atoms with Crippen molar-refractivity contribution in [2.45, 2.75) is 19.8 Å². The highest BCUT2D eigenvalue weighted by Crippen LogP contribution is 2.23. The molecule has 96 valence electrons. The van der Waals surface area contributed by atoms with Crippen molar-refractivity contribution in [3.05, 3.63) is 28.8 Å². The van der Waals surface area contributed by atoms with Gasteiger partial charge < -0.3 is 4.74 Å². The zero-order chi connectivity index (χ0) is 13.7. The number of carbonyl (C=O) groups excluding carboxylic acids is 1. The van der Waals surface area contributed by atoms with E-state index in [0.29, 0.717) is 0 Å². The summed E-state index contributed by atoms with van der Waals surface area (Å²) in [7, 11) is 0. The van der Waals surface area contributed by atoms with Crippen molar-refractivity contribution in [2.24, 2.45) is 0 Å². The molecule has 0 bridgehead atoms. The summed E-state index contributed by atoms with van der Waals surface area (Å²) in [5.41, 5.74) is -1.54. The van der Waals surface area contributed by atoms with E-state index in [4.69, 9.17) is 5.26 Å². The van der Waals surface area contributed by atoms with E-state index < -0.39 is 36.0 Å². The van der Waals surface area contributed by atoms with Gasteiger partial charge >= 0.3 is 5.97 Å². The minimum Gasteiger partial charge on any atom is -0.466 e. The zero-order valence-electron chi connectivity index (χ0n) is 9.41. The number of carbonyl (C=O) groups is 1. The Morgan fingerprint density at radius 1 is 1.61 bits per heavy atom. The Morgan fingerprint density at radius 2 is 2.28 bits per heavy atom. The van der Waals surface area contributed by atoms with E-state index in [1.54, 1.807) is 6.92 Å². The molecule has 7 heteroatoms. The Labute approximate surface area is 101 Å². The molecule has 18 heavy (non-hydrogen) atoms. The molecule has 0 radical (unpaired) electrons. The largest absolute Gasteiger partial charge is 0.466 e. The monoisotopic (exact) mass is 258 g/mol. The molecule has 0 amide bonds. The van der Waals surface area contributed by atoms with Crippen LogP contribution in [0.25, 0.3) is 0 Å². The van der Waals surface area contributed by atoms with E-state index in [-0.39, 0.29) is 12.2 Å². The highest BCUT2D eigenvalue weighted by Gasteiger charge is 2.21. The second-order valence-electron chi connectivity index (χ2n) is 3.27. The number of nitrogens with zero attached hydrogens (tertiary/aromatic N) is 2. The summed E-state index contributed by atoms with van der Waals surface area (Å²) in [6.07, 6.45) is -3.51. The van der Waals surface area contributed by atoms with Gasteiger partial charge in [0, 0.05) is 0 Å². The summed E-state index contributed by atoms with van der Waals surface area (Å²) in [6.45, 7) is 1.66. The molecule has 0 aliphatic carbocycles. The Morgan fingerprint density at radius 3 is 2.78 bits per heavy atom. The number of ether oxygens (including phenoxy) is 1. The van der Waals surface area contributed by atoms with Crippen molar-refractivity contribution in [3.8, 4) is 6.07 Å². The number of alkyl halides is 2. The Kier molecular flexibility index (Phi) is 4.66. The van der Waals surface area contributed by atoms with Crippen LogP contribution >= 0.6 is 0 Å². The lowest BCUT2D eigenvalue weighted by Crippen LogP contribution is -2.12. The SMILES string of the molecule is CCOC(=O)Cc1cc(C#N)c(F)nc1C(F)F. The van der Waals surface area contributed by atoms with E-state index in [1.807, 2.05) is 0 Å². The van der Waals surface area contributed by atoms with E-state index in [2.05, 4.69) is 9.72 Å². The standard InChI is InChI=1S/C11H9F3N2O2/c1-2-18-8(17)4-6-3-7(5-15)11(14)16-9(6)10(12)13/h3,10H,2,4H2,1H3. The van der Waals surface area contributed by atoms with Crippen LogP contribution in [0, 0.1) is 17.3 Å². The predicted octanol–water partition coefficient (Wildman–Crippen LogP) is 2.14. The van der Waals surface area contributed by atoms with Crippen molar-refractivity contribution < 1.29 is 22.7 Å². The molecule has 0 atom stereocenters. The van der Waals surface area contributed by atoms with Gasteiger partial charge in [0.15, 0.2) is 0 Å². The average molecular weight is 258 g/mol. The highest BCUT2D eigenvalue weighted by molar-refractivity contribution is 5.73. The second kappa shape index (κ2) is 6.00. The maximum atomic E-state index is 13.1. The molecule has 0 saturated heterocycles. The maximum Gasteiger partial charge on any atom is 0.310 e. The van der Waals surface area contributed by atoms with Crippen molar-refractivity contribution in [2.75, 3.05) is 6.61 Å². The molecule has 1 aromatic rings. The normalized spacial score (nSPS) is 10.2. The number of hydrogen-bond acceptors (Lipinski definition) is 4. The fourth-order valence-electron chi connectivity index (χ4n) is 1.32. The van der Waals surface area contributed by atoms with E-state index >= 15 is 0 Å². The number of rotatable bonds is 4. The molecule has 0 unspecified atom stereocenters. The summed E-state index contributed by atoms with van der Waals surface area (Å²) in [5, 5.41) is 8.58. The van der Waals surface area contributed by atoms with Crippen LogP contribution in [-0.4, -0.2) is 17.6 Å². The molecule has 1 heterocycles. The van der Waals surface area contributed by atoms with Crippen LogP contribution in [0.1, 0.15) is 30.2 Å². The second-order valence-corrected chi connectivity index (χ2v) is 3.27. The predicted molar refractivity (Wildman–Crippen MR) is 54.2 cm³/mol. The lowest BCUT2D eigenvalue weighted by atomic mass is 10.1. The number of esters is 1. The van der Waals surface area contributed by atoms with Crippen molar-refractivity contribution in [1.29, 1.82) is 5.26 Å². The average Bonchev–Trinajstić information content (AvgIpc) is 2.30. The minimum absolute atomic E-state index is 0.0998. The van der Waals surface area contributed by atoms with Gasteiger partial charge in [-0.1, -0.05) is 0 Å². The molecular weight excluding hydrogens is 249 g/mol. The quantitative estimate of drug-likeness (QED) is 0.613. The number of pyridine rings is 1. The summed E-state index contributed by atoms with van der Waals surface area (Å²) in [4.78, 5) is 14.2. The fraction of sp³-hybridized carbons (Fsp3) is 0.364. The van der Waals surface area contributed by atoms with Gasteiger partial charge in [-0.15, -0.1) is 0 Å². The Balaban J connectivity index is 3.15. The van der Waals surface area contributed by atoms with Gasteiger partial charge in [0.2, 0.25) is 5.95 Å². The molecule has 1 rings (SSSR count). The summed E-state index contributed by atoms with van der Waals surface area (Å²) in [5.74, 6) is -2.02. The first-order valence-electron chi connectivity index (χ1n) is 5.02. The van der Waals surface area contributed by atoms with Crippen LogP contribution in [0.5, 0.6) is 0 Å². The van der Waals surface area contributed by atoms with Gasteiger partial charge in [-0.25, -0.2) is 13.8 Å². The Hall–Kier alpha value is -2.10. The molecule has 0 aliphatic rings. The lowest BCUT2D eigenvalue weighted by Gasteiger charge is -2.08. The van der Waals surface area contributed by atoms with Crippen molar-refractivity contribution in [3.63, 3.8) is 0 Å². The van der Waals surface area contributed by atoms with E-state index in [9.17, 15) is 18.0 Å². The number of halogens is 3. The van der Waals surface area contributed by atoms with E-state index in [1.165, 1.54) is 6.07 Å². The molecule has 0 spiro atoms. The van der Waals surface area contributed by atoms with Gasteiger partial charge in [0.25, 0.3) is 6.43 Å². The van der Waals surface area contributed by atoms with Gasteiger partial charge in [0.05, 0.1) is 13.0 Å². The van der Waals surface area contributed by atoms with Crippen LogP contribution in [0.4, 0.5) is 13.2 Å². The number of hydrogen-bond donors (Lipinski definition) is 0. The molecule has 0 aliphatic heterocycles. The molecule has 0 N–H and O–H groups in total. The molecule has 0 fully saturated rings.